The molecule has 0 aliphatic rings. The zero-order valence-corrected chi connectivity index (χ0v) is 17.1. The van der Waals surface area contributed by atoms with Gasteiger partial charge in [0.25, 0.3) is 5.91 Å². The van der Waals surface area contributed by atoms with Crippen LogP contribution in [0.15, 0.2) is 41.3 Å². The molecule has 0 aliphatic carbocycles. The Kier molecular flexibility index (Phi) is 6.62. The van der Waals surface area contributed by atoms with Crippen LogP contribution in [0.4, 0.5) is 5.69 Å². The standard InChI is InChI=1S/C20H26N2O4S/c1-6-21-27(24,25)18-12-15(10-11-17(18)26-5)20(23)22-19-14(4)8-7-9-16(19)13(2)3/h7-13,21H,6H2,1-5H3,(H,22,23). The van der Waals surface area contributed by atoms with Crippen LogP contribution in [0.5, 0.6) is 5.75 Å². The third kappa shape index (κ3) is 4.67. The minimum Gasteiger partial charge on any atom is -0.495 e. The first-order valence-electron chi connectivity index (χ1n) is 8.79. The topological polar surface area (TPSA) is 84.5 Å². The first-order valence-corrected chi connectivity index (χ1v) is 10.3. The Morgan fingerprint density at radius 2 is 1.89 bits per heavy atom. The molecule has 0 atom stereocenters. The molecule has 0 radical (unpaired) electrons. The first-order chi connectivity index (χ1) is 12.7. The van der Waals surface area contributed by atoms with Crippen molar-refractivity contribution in [3.8, 4) is 5.75 Å². The number of carbonyl (C=O) groups excluding carboxylic acids is 1. The van der Waals surface area contributed by atoms with Crippen molar-refractivity contribution in [3.05, 3.63) is 53.1 Å². The summed E-state index contributed by atoms with van der Waals surface area (Å²) in [4.78, 5) is 12.7. The molecule has 7 heteroatoms. The van der Waals surface area contributed by atoms with Crippen LogP contribution >= 0.6 is 0 Å². The van der Waals surface area contributed by atoms with E-state index >= 15 is 0 Å². The number of carbonyl (C=O) groups is 1. The lowest BCUT2D eigenvalue weighted by atomic mass is 9.98. The third-order valence-corrected chi connectivity index (χ3v) is 5.78. The van der Waals surface area contributed by atoms with Crippen molar-refractivity contribution in [2.45, 2.75) is 38.5 Å². The molecular weight excluding hydrogens is 364 g/mol. The van der Waals surface area contributed by atoms with Gasteiger partial charge in [-0.25, -0.2) is 13.1 Å². The average molecular weight is 391 g/mol. The molecule has 2 aromatic carbocycles. The monoisotopic (exact) mass is 390 g/mol. The van der Waals surface area contributed by atoms with Crippen LogP contribution in [0.3, 0.4) is 0 Å². The maximum absolute atomic E-state index is 12.8. The first kappa shape index (κ1) is 20.9. The average Bonchev–Trinajstić information content (AvgIpc) is 2.62. The van der Waals surface area contributed by atoms with Crippen LogP contribution in [0.1, 0.15) is 48.2 Å². The predicted octanol–water partition coefficient (Wildman–Crippen LogP) is 3.68. The minimum atomic E-state index is -3.77. The second-order valence-corrected chi connectivity index (χ2v) is 8.25. The van der Waals surface area contributed by atoms with Crippen LogP contribution in [-0.4, -0.2) is 28.0 Å². The van der Waals surface area contributed by atoms with Crippen LogP contribution in [0, 0.1) is 6.92 Å². The van der Waals surface area contributed by atoms with Crippen molar-refractivity contribution < 1.29 is 17.9 Å². The van der Waals surface area contributed by atoms with Crippen LogP contribution in [0.25, 0.3) is 0 Å². The molecule has 0 aromatic heterocycles. The molecule has 0 saturated carbocycles. The molecule has 27 heavy (non-hydrogen) atoms. The van der Waals surface area contributed by atoms with E-state index in [1.807, 2.05) is 25.1 Å². The van der Waals surface area contributed by atoms with Crippen molar-refractivity contribution in [3.63, 3.8) is 0 Å². The van der Waals surface area contributed by atoms with Gasteiger partial charge in [-0.1, -0.05) is 39.0 Å². The summed E-state index contributed by atoms with van der Waals surface area (Å²) < 4.78 is 32.4. The fourth-order valence-corrected chi connectivity index (χ4v) is 4.06. The number of methoxy groups -OCH3 is 1. The number of rotatable bonds is 7. The number of sulfonamides is 1. The van der Waals surface area contributed by atoms with E-state index in [0.29, 0.717) is 0 Å². The van der Waals surface area contributed by atoms with E-state index in [4.69, 9.17) is 4.74 Å². The number of nitrogens with one attached hydrogen (secondary N) is 2. The number of anilines is 1. The van der Waals surface area contributed by atoms with E-state index in [9.17, 15) is 13.2 Å². The Balaban J connectivity index is 2.44. The van der Waals surface area contributed by atoms with Gasteiger partial charge < -0.3 is 10.1 Å². The molecule has 2 aromatic rings. The molecule has 2 rings (SSSR count). The van der Waals surface area contributed by atoms with E-state index in [1.54, 1.807) is 13.0 Å². The fourth-order valence-electron chi connectivity index (χ4n) is 2.82. The molecule has 1 amide bonds. The summed E-state index contributed by atoms with van der Waals surface area (Å²) in [6.45, 7) is 7.96. The van der Waals surface area contributed by atoms with Crippen molar-refractivity contribution in [1.29, 1.82) is 0 Å². The molecule has 0 spiro atoms. The van der Waals surface area contributed by atoms with Gasteiger partial charge in [-0.15, -0.1) is 0 Å². The smallest absolute Gasteiger partial charge is 0.255 e. The molecule has 146 valence electrons. The Hall–Kier alpha value is -2.38. The quantitative estimate of drug-likeness (QED) is 0.755. The summed E-state index contributed by atoms with van der Waals surface area (Å²) in [5.41, 5.74) is 2.97. The SMILES string of the molecule is CCNS(=O)(=O)c1cc(C(=O)Nc2c(C)cccc2C(C)C)ccc1OC. The Morgan fingerprint density at radius 3 is 2.48 bits per heavy atom. The van der Waals surface area contributed by atoms with Gasteiger partial charge in [0.15, 0.2) is 0 Å². The number of hydrogen-bond acceptors (Lipinski definition) is 4. The van der Waals surface area contributed by atoms with Gasteiger partial charge in [-0.2, -0.15) is 0 Å². The summed E-state index contributed by atoms with van der Waals surface area (Å²) in [7, 11) is -2.38. The molecular formula is C20H26N2O4S. The van der Waals surface area contributed by atoms with Crippen molar-refractivity contribution >= 4 is 21.6 Å². The molecule has 0 unspecified atom stereocenters. The number of amides is 1. The highest BCUT2D eigenvalue weighted by atomic mass is 32.2. The van der Waals surface area contributed by atoms with Crippen LogP contribution in [-0.2, 0) is 10.0 Å². The van der Waals surface area contributed by atoms with Gasteiger partial charge in [0.05, 0.1) is 7.11 Å². The zero-order valence-electron chi connectivity index (χ0n) is 16.3. The molecule has 0 saturated heterocycles. The number of benzene rings is 2. The summed E-state index contributed by atoms with van der Waals surface area (Å²) in [5, 5.41) is 2.93. The summed E-state index contributed by atoms with van der Waals surface area (Å²) in [5.74, 6) is 0.0498. The summed E-state index contributed by atoms with van der Waals surface area (Å²) >= 11 is 0. The van der Waals surface area contributed by atoms with Gasteiger partial charge in [-0.05, 0) is 42.2 Å². The van der Waals surface area contributed by atoms with Gasteiger partial charge in [-0.3, -0.25) is 4.79 Å². The summed E-state index contributed by atoms with van der Waals surface area (Å²) in [6.07, 6.45) is 0. The minimum absolute atomic E-state index is 0.0617. The normalized spacial score (nSPS) is 11.5. The highest BCUT2D eigenvalue weighted by Gasteiger charge is 2.21. The second kappa shape index (κ2) is 8.54. The lowest BCUT2D eigenvalue weighted by Crippen LogP contribution is -2.24. The van der Waals surface area contributed by atoms with E-state index in [-0.39, 0.29) is 34.6 Å². The lowest BCUT2D eigenvalue weighted by molar-refractivity contribution is 0.102. The van der Waals surface area contributed by atoms with Gasteiger partial charge in [0.1, 0.15) is 10.6 Å². The van der Waals surface area contributed by atoms with E-state index in [1.165, 1.54) is 19.2 Å². The van der Waals surface area contributed by atoms with Gasteiger partial charge in [0, 0.05) is 17.8 Å². The molecule has 0 aliphatic heterocycles. The molecule has 2 N–H and O–H groups in total. The van der Waals surface area contributed by atoms with Crippen molar-refractivity contribution in [2.75, 3.05) is 19.0 Å². The highest BCUT2D eigenvalue weighted by molar-refractivity contribution is 7.89. The molecule has 0 fully saturated rings. The molecule has 0 bridgehead atoms. The predicted molar refractivity (Wildman–Crippen MR) is 107 cm³/mol. The van der Waals surface area contributed by atoms with Gasteiger partial charge in [0.2, 0.25) is 10.0 Å². The van der Waals surface area contributed by atoms with Gasteiger partial charge >= 0.3 is 0 Å². The maximum atomic E-state index is 12.8. The van der Waals surface area contributed by atoms with Crippen molar-refractivity contribution in [1.82, 2.24) is 4.72 Å². The Morgan fingerprint density at radius 1 is 1.19 bits per heavy atom. The summed E-state index contributed by atoms with van der Waals surface area (Å²) in [6, 6.07) is 10.2. The number of ether oxygens (including phenoxy) is 1. The van der Waals surface area contributed by atoms with Crippen LogP contribution in [0.2, 0.25) is 0 Å². The highest BCUT2D eigenvalue weighted by Crippen LogP contribution is 2.29. The maximum Gasteiger partial charge on any atom is 0.255 e. The Labute approximate surface area is 161 Å². The number of hydrogen-bond donors (Lipinski definition) is 2. The number of para-hydroxylation sites is 1. The third-order valence-electron chi connectivity index (χ3n) is 4.22. The van der Waals surface area contributed by atoms with E-state index in [0.717, 1.165) is 16.8 Å². The molecule has 0 heterocycles. The number of aryl methyl sites for hydroxylation is 1. The zero-order chi connectivity index (χ0) is 20.2. The fraction of sp³-hybridized carbons (Fsp3) is 0.350. The molecule has 6 nitrogen and oxygen atoms in total. The lowest BCUT2D eigenvalue weighted by Gasteiger charge is -2.17. The van der Waals surface area contributed by atoms with Crippen LogP contribution < -0.4 is 14.8 Å². The second-order valence-electron chi connectivity index (χ2n) is 6.51. The van der Waals surface area contributed by atoms with E-state index in [2.05, 4.69) is 23.9 Å². The Bertz CT molecular complexity index is 937. The largest absolute Gasteiger partial charge is 0.495 e. The van der Waals surface area contributed by atoms with Crippen molar-refractivity contribution in [2.24, 2.45) is 0 Å². The van der Waals surface area contributed by atoms with E-state index < -0.39 is 10.0 Å².